The first-order valence-electron chi connectivity index (χ1n) is 38.2. The molecule has 0 aliphatic rings. The van der Waals surface area contributed by atoms with Gasteiger partial charge in [-0.2, -0.15) is 0 Å². The van der Waals surface area contributed by atoms with Crippen molar-refractivity contribution < 1.29 is 28.6 Å². The van der Waals surface area contributed by atoms with E-state index in [2.05, 4.69) is 32.9 Å². The van der Waals surface area contributed by atoms with Crippen LogP contribution in [0, 0.1) is 0 Å². The minimum atomic E-state index is -0.770. The Morgan fingerprint density at radius 2 is 0.398 bits per heavy atom. The largest absolute Gasteiger partial charge is 0.462 e. The standard InChI is InChI=1S/C77H148O6/c1-4-7-10-13-16-19-22-25-27-29-31-33-35-37-38-40-41-43-45-47-49-52-55-58-61-64-67-70-76(79)82-73-74(72-81-75(78)69-66-63-60-57-54-51-24-21-18-15-12-9-6-3)83-77(80)71-68-65-62-59-56-53-50-48-46-44-42-39-36-34-32-30-28-26-23-20-17-14-11-8-5-2/h21,24,74H,4-20,22-23,25-73H2,1-3H3/b24-21-. The van der Waals surface area contributed by atoms with Crippen LogP contribution in [0.25, 0.3) is 0 Å². The number of unbranched alkanes of at least 4 members (excludes halogenated alkanes) is 59. The van der Waals surface area contributed by atoms with Crippen LogP contribution in [0.3, 0.4) is 0 Å². The lowest BCUT2D eigenvalue weighted by molar-refractivity contribution is -0.167. The zero-order chi connectivity index (χ0) is 59.9. The van der Waals surface area contributed by atoms with Crippen LogP contribution in [0.1, 0.15) is 445 Å². The fourth-order valence-corrected chi connectivity index (χ4v) is 12.0. The van der Waals surface area contributed by atoms with E-state index < -0.39 is 6.10 Å². The second-order valence-corrected chi connectivity index (χ2v) is 26.3. The molecule has 1 unspecified atom stereocenters. The minimum Gasteiger partial charge on any atom is -0.462 e. The van der Waals surface area contributed by atoms with Crippen molar-refractivity contribution in [2.75, 3.05) is 13.2 Å². The van der Waals surface area contributed by atoms with Crippen LogP contribution in [0.15, 0.2) is 12.2 Å². The van der Waals surface area contributed by atoms with Gasteiger partial charge in [0.05, 0.1) is 0 Å². The molecule has 0 amide bonds. The molecule has 492 valence electrons. The molecule has 0 aromatic rings. The number of hydrogen-bond acceptors (Lipinski definition) is 6. The molecule has 6 nitrogen and oxygen atoms in total. The van der Waals surface area contributed by atoms with Gasteiger partial charge in [0.15, 0.2) is 6.10 Å². The van der Waals surface area contributed by atoms with E-state index in [1.807, 2.05) is 0 Å². The Morgan fingerprint density at radius 3 is 0.614 bits per heavy atom. The highest BCUT2D eigenvalue weighted by Gasteiger charge is 2.20. The molecule has 0 aromatic carbocycles. The molecule has 0 radical (unpaired) electrons. The fraction of sp³-hybridized carbons (Fsp3) is 0.935. The van der Waals surface area contributed by atoms with E-state index in [9.17, 15) is 14.4 Å². The van der Waals surface area contributed by atoms with Crippen molar-refractivity contribution in [1.82, 2.24) is 0 Å². The molecule has 0 aromatic heterocycles. The molecule has 0 heterocycles. The lowest BCUT2D eigenvalue weighted by atomic mass is 10.0. The van der Waals surface area contributed by atoms with Gasteiger partial charge in [0.25, 0.3) is 0 Å². The number of allylic oxidation sites excluding steroid dienone is 2. The second-order valence-electron chi connectivity index (χ2n) is 26.3. The van der Waals surface area contributed by atoms with Crippen molar-refractivity contribution in [1.29, 1.82) is 0 Å². The smallest absolute Gasteiger partial charge is 0.306 e. The summed E-state index contributed by atoms with van der Waals surface area (Å²) in [6.45, 7) is 6.72. The van der Waals surface area contributed by atoms with Gasteiger partial charge in [-0.1, -0.05) is 392 Å². The summed E-state index contributed by atoms with van der Waals surface area (Å²) >= 11 is 0. The third-order valence-corrected chi connectivity index (χ3v) is 17.8. The molecule has 0 bridgehead atoms. The Kier molecular flexibility index (Phi) is 71.0. The number of ether oxygens (including phenoxy) is 3. The number of carbonyl (C=O) groups is 3. The Balaban J connectivity index is 4.16. The van der Waals surface area contributed by atoms with Crippen LogP contribution >= 0.6 is 0 Å². The Bertz CT molecular complexity index is 1300. The molecule has 0 saturated carbocycles. The average molecular weight is 1170 g/mol. The SMILES string of the molecule is CCCCCC/C=C\CCCCCCCC(=O)OCC(COC(=O)CCCCCCCCCCCCCCCCCCCCCCCCCCCCC)OC(=O)CCCCCCCCCCCCCCCCCCCCCCCCCCC. The van der Waals surface area contributed by atoms with E-state index in [0.717, 1.165) is 64.2 Å². The minimum absolute atomic E-state index is 0.0655. The summed E-state index contributed by atoms with van der Waals surface area (Å²) in [6.07, 6.45) is 88.4. The predicted molar refractivity (Wildman–Crippen MR) is 363 cm³/mol. The summed E-state index contributed by atoms with van der Waals surface area (Å²) in [5.74, 6) is -0.836. The van der Waals surface area contributed by atoms with Crippen LogP contribution in [0.2, 0.25) is 0 Å². The maximum atomic E-state index is 13.0. The molecule has 0 saturated heterocycles. The molecule has 0 rings (SSSR count). The number of esters is 3. The molecule has 0 spiro atoms. The van der Waals surface area contributed by atoms with Crippen molar-refractivity contribution in [3.05, 3.63) is 12.2 Å². The van der Waals surface area contributed by atoms with E-state index in [-0.39, 0.29) is 31.1 Å². The van der Waals surface area contributed by atoms with Gasteiger partial charge in [0, 0.05) is 19.3 Å². The van der Waals surface area contributed by atoms with Crippen molar-refractivity contribution >= 4 is 17.9 Å². The van der Waals surface area contributed by atoms with E-state index in [1.165, 1.54) is 340 Å². The van der Waals surface area contributed by atoms with Gasteiger partial charge in [0.2, 0.25) is 0 Å². The second kappa shape index (κ2) is 72.6. The van der Waals surface area contributed by atoms with Gasteiger partial charge in [-0.05, 0) is 44.9 Å². The highest BCUT2D eigenvalue weighted by molar-refractivity contribution is 5.71. The van der Waals surface area contributed by atoms with E-state index in [1.54, 1.807) is 0 Å². The molecular formula is C77H148O6. The first kappa shape index (κ1) is 81.2. The third kappa shape index (κ3) is 70.8. The number of carbonyl (C=O) groups excluding carboxylic acids is 3. The quantitative estimate of drug-likeness (QED) is 0.0261. The van der Waals surface area contributed by atoms with Gasteiger partial charge in [-0.3, -0.25) is 14.4 Å². The molecule has 6 heteroatoms. The van der Waals surface area contributed by atoms with Crippen molar-refractivity contribution in [3.8, 4) is 0 Å². The summed E-state index contributed by atoms with van der Waals surface area (Å²) in [4.78, 5) is 38.5. The Morgan fingerprint density at radius 1 is 0.229 bits per heavy atom. The van der Waals surface area contributed by atoms with Gasteiger partial charge >= 0.3 is 17.9 Å². The zero-order valence-electron chi connectivity index (χ0n) is 56.8. The van der Waals surface area contributed by atoms with Gasteiger partial charge in [-0.15, -0.1) is 0 Å². The maximum Gasteiger partial charge on any atom is 0.306 e. The summed E-state index contributed by atoms with van der Waals surface area (Å²) in [5.41, 5.74) is 0. The normalized spacial score (nSPS) is 12.0. The molecule has 83 heavy (non-hydrogen) atoms. The van der Waals surface area contributed by atoms with Gasteiger partial charge in [0.1, 0.15) is 13.2 Å². The van der Waals surface area contributed by atoms with Crippen LogP contribution < -0.4 is 0 Å². The summed E-state index contributed by atoms with van der Waals surface area (Å²) in [7, 11) is 0. The molecule has 0 aliphatic carbocycles. The van der Waals surface area contributed by atoms with E-state index in [0.29, 0.717) is 19.3 Å². The first-order chi connectivity index (χ1) is 41.0. The van der Waals surface area contributed by atoms with Gasteiger partial charge < -0.3 is 14.2 Å². The summed E-state index contributed by atoms with van der Waals surface area (Å²) in [6, 6.07) is 0. The van der Waals surface area contributed by atoms with Gasteiger partial charge in [-0.25, -0.2) is 0 Å². The molecular weight excluding hydrogens is 1020 g/mol. The highest BCUT2D eigenvalue weighted by Crippen LogP contribution is 2.20. The molecule has 1 atom stereocenters. The summed E-state index contributed by atoms with van der Waals surface area (Å²) < 4.78 is 17.0. The molecule has 0 fully saturated rings. The fourth-order valence-electron chi connectivity index (χ4n) is 12.0. The van der Waals surface area contributed by atoms with Crippen molar-refractivity contribution in [2.24, 2.45) is 0 Å². The van der Waals surface area contributed by atoms with E-state index >= 15 is 0 Å². The zero-order valence-corrected chi connectivity index (χ0v) is 56.8. The van der Waals surface area contributed by atoms with E-state index in [4.69, 9.17) is 14.2 Å². The molecule has 0 aliphatic heterocycles. The van der Waals surface area contributed by atoms with Crippen molar-refractivity contribution in [3.63, 3.8) is 0 Å². The monoisotopic (exact) mass is 1170 g/mol. The Labute approximate surface area is 520 Å². The van der Waals surface area contributed by atoms with Crippen LogP contribution in [-0.2, 0) is 28.6 Å². The predicted octanol–water partition coefficient (Wildman–Crippen LogP) is 26.3. The van der Waals surface area contributed by atoms with Crippen molar-refractivity contribution in [2.45, 2.75) is 451 Å². The Hall–Kier alpha value is -1.85. The third-order valence-electron chi connectivity index (χ3n) is 17.8. The topological polar surface area (TPSA) is 78.9 Å². The molecule has 0 N–H and O–H groups in total. The average Bonchev–Trinajstić information content (AvgIpc) is 3.49. The maximum absolute atomic E-state index is 13.0. The van der Waals surface area contributed by atoms with Crippen LogP contribution in [0.5, 0.6) is 0 Å². The lowest BCUT2D eigenvalue weighted by Gasteiger charge is -2.18. The summed E-state index contributed by atoms with van der Waals surface area (Å²) in [5, 5.41) is 0. The first-order valence-corrected chi connectivity index (χ1v) is 38.2. The number of hydrogen-bond donors (Lipinski definition) is 0. The van der Waals surface area contributed by atoms with Crippen LogP contribution in [-0.4, -0.2) is 37.2 Å². The highest BCUT2D eigenvalue weighted by atomic mass is 16.6. The number of rotatable bonds is 72. The lowest BCUT2D eigenvalue weighted by Crippen LogP contribution is -2.30. The van der Waals surface area contributed by atoms with Crippen LogP contribution in [0.4, 0.5) is 0 Å².